The van der Waals surface area contributed by atoms with Gasteiger partial charge in [0.1, 0.15) is 13.2 Å². The van der Waals surface area contributed by atoms with E-state index in [1.54, 1.807) is 0 Å². The van der Waals surface area contributed by atoms with Crippen molar-refractivity contribution >= 4 is 17.9 Å². The van der Waals surface area contributed by atoms with E-state index in [1.165, 1.54) is 122 Å². The molecule has 0 aromatic heterocycles. The van der Waals surface area contributed by atoms with Gasteiger partial charge in [0.2, 0.25) is 0 Å². The van der Waals surface area contributed by atoms with E-state index in [2.05, 4.69) is 69.4 Å². The highest BCUT2D eigenvalue weighted by molar-refractivity contribution is 5.71. The zero-order chi connectivity index (χ0) is 42.3. The van der Waals surface area contributed by atoms with E-state index in [0.29, 0.717) is 19.3 Å². The van der Waals surface area contributed by atoms with Gasteiger partial charge in [-0.25, -0.2) is 0 Å². The standard InChI is InChI=1S/C52H92O6/c1-4-7-10-13-16-19-21-23-24-25-26-27-28-29-31-33-36-39-42-45-51(54)57-48-49(47-56-50(53)44-41-38-35-32-18-15-12-9-6-3)58-52(55)46-43-40-37-34-30-22-20-17-14-11-8-5-2/h9,12,17-18,20,25-26,32,49H,4-8,10-11,13-16,19,21-24,27-31,33-48H2,1-3H3/b12-9-,20-17-,26-25-,32-18-. The molecule has 1 unspecified atom stereocenters. The van der Waals surface area contributed by atoms with Gasteiger partial charge in [-0.2, -0.15) is 0 Å². The smallest absolute Gasteiger partial charge is 0.306 e. The lowest BCUT2D eigenvalue weighted by molar-refractivity contribution is -0.167. The van der Waals surface area contributed by atoms with Crippen LogP contribution in [0.3, 0.4) is 0 Å². The van der Waals surface area contributed by atoms with Crippen LogP contribution in [0, 0.1) is 0 Å². The van der Waals surface area contributed by atoms with Crippen molar-refractivity contribution in [1.82, 2.24) is 0 Å². The molecular formula is C52H92O6. The highest BCUT2D eigenvalue weighted by Crippen LogP contribution is 2.14. The summed E-state index contributed by atoms with van der Waals surface area (Å²) in [4.78, 5) is 37.7. The largest absolute Gasteiger partial charge is 0.462 e. The first-order chi connectivity index (χ1) is 28.5. The molecule has 0 saturated heterocycles. The zero-order valence-electron chi connectivity index (χ0n) is 38.3. The third kappa shape index (κ3) is 44.5. The third-order valence-corrected chi connectivity index (χ3v) is 10.5. The van der Waals surface area contributed by atoms with Gasteiger partial charge in [0.25, 0.3) is 0 Å². The third-order valence-electron chi connectivity index (χ3n) is 10.5. The topological polar surface area (TPSA) is 78.9 Å². The van der Waals surface area contributed by atoms with Crippen LogP contribution < -0.4 is 0 Å². The first-order valence-corrected chi connectivity index (χ1v) is 24.6. The molecule has 0 aliphatic rings. The molecule has 0 spiro atoms. The molecule has 0 bridgehead atoms. The number of unbranched alkanes of at least 4 members (excludes halogenated alkanes) is 25. The van der Waals surface area contributed by atoms with E-state index in [0.717, 1.165) is 83.5 Å². The second-order valence-electron chi connectivity index (χ2n) is 16.3. The van der Waals surface area contributed by atoms with Crippen LogP contribution in [-0.4, -0.2) is 37.2 Å². The summed E-state index contributed by atoms with van der Waals surface area (Å²) < 4.78 is 16.7. The zero-order valence-corrected chi connectivity index (χ0v) is 38.3. The fourth-order valence-electron chi connectivity index (χ4n) is 6.82. The summed E-state index contributed by atoms with van der Waals surface area (Å²) in [5, 5.41) is 0. The van der Waals surface area contributed by atoms with Crippen molar-refractivity contribution in [3.05, 3.63) is 48.6 Å². The normalized spacial score (nSPS) is 12.4. The maximum Gasteiger partial charge on any atom is 0.306 e. The molecule has 0 heterocycles. The number of ether oxygens (including phenoxy) is 3. The summed E-state index contributed by atoms with van der Waals surface area (Å²) in [5.74, 6) is -0.939. The van der Waals surface area contributed by atoms with E-state index in [4.69, 9.17) is 14.2 Å². The van der Waals surface area contributed by atoms with E-state index < -0.39 is 6.10 Å². The van der Waals surface area contributed by atoms with Crippen molar-refractivity contribution in [2.24, 2.45) is 0 Å². The minimum Gasteiger partial charge on any atom is -0.462 e. The maximum atomic E-state index is 12.7. The lowest BCUT2D eigenvalue weighted by atomic mass is 10.1. The Balaban J connectivity index is 4.30. The summed E-state index contributed by atoms with van der Waals surface area (Å²) in [5.41, 5.74) is 0. The molecule has 0 fully saturated rings. The minimum atomic E-state index is -0.788. The maximum absolute atomic E-state index is 12.7. The molecule has 0 aromatic rings. The second-order valence-corrected chi connectivity index (χ2v) is 16.3. The van der Waals surface area contributed by atoms with Gasteiger partial charge in [0.15, 0.2) is 6.10 Å². The molecule has 0 aromatic carbocycles. The molecule has 0 aliphatic heterocycles. The van der Waals surface area contributed by atoms with E-state index in [1.807, 2.05) is 0 Å². The molecule has 0 aliphatic carbocycles. The van der Waals surface area contributed by atoms with Crippen LogP contribution in [0.4, 0.5) is 0 Å². The Kier molecular flexibility index (Phi) is 44.9. The van der Waals surface area contributed by atoms with Crippen LogP contribution in [0.2, 0.25) is 0 Å². The predicted octanol–water partition coefficient (Wildman–Crippen LogP) is 15.9. The van der Waals surface area contributed by atoms with Gasteiger partial charge in [-0.05, 0) is 96.3 Å². The van der Waals surface area contributed by atoms with Gasteiger partial charge in [-0.3, -0.25) is 14.4 Å². The van der Waals surface area contributed by atoms with Gasteiger partial charge in [-0.1, -0.05) is 179 Å². The molecule has 0 N–H and O–H groups in total. The molecular weight excluding hydrogens is 721 g/mol. The van der Waals surface area contributed by atoms with Crippen LogP contribution in [0.25, 0.3) is 0 Å². The molecule has 6 nitrogen and oxygen atoms in total. The number of hydrogen-bond donors (Lipinski definition) is 0. The average molecular weight is 813 g/mol. The number of carbonyl (C=O) groups is 3. The van der Waals surface area contributed by atoms with E-state index >= 15 is 0 Å². The molecule has 6 heteroatoms. The van der Waals surface area contributed by atoms with Crippen LogP contribution >= 0.6 is 0 Å². The van der Waals surface area contributed by atoms with Crippen molar-refractivity contribution < 1.29 is 28.6 Å². The van der Waals surface area contributed by atoms with Gasteiger partial charge >= 0.3 is 17.9 Å². The molecule has 0 saturated carbocycles. The SMILES string of the molecule is CC/C=C\C/C=C\CCCCC(=O)OCC(COC(=O)CCCCCCCCC/C=C\CCCCCCCCCC)OC(=O)CCCCCCC/C=C\CCCCC. The van der Waals surface area contributed by atoms with Crippen molar-refractivity contribution in [1.29, 1.82) is 0 Å². The molecule has 1 atom stereocenters. The van der Waals surface area contributed by atoms with E-state index in [-0.39, 0.29) is 31.1 Å². The van der Waals surface area contributed by atoms with Crippen molar-refractivity contribution in [3.8, 4) is 0 Å². The van der Waals surface area contributed by atoms with Crippen LogP contribution in [0.5, 0.6) is 0 Å². The fourth-order valence-corrected chi connectivity index (χ4v) is 6.82. The van der Waals surface area contributed by atoms with E-state index in [9.17, 15) is 14.4 Å². The lowest BCUT2D eigenvalue weighted by Crippen LogP contribution is -2.30. The van der Waals surface area contributed by atoms with Gasteiger partial charge in [0, 0.05) is 19.3 Å². The van der Waals surface area contributed by atoms with Crippen LogP contribution in [0.15, 0.2) is 48.6 Å². The molecule has 0 radical (unpaired) electrons. The quantitative estimate of drug-likeness (QED) is 0.0264. The first kappa shape index (κ1) is 55.4. The Morgan fingerprint density at radius 3 is 1.12 bits per heavy atom. The van der Waals surface area contributed by atoms with Gasteiger partial charge in [0.05, 0.1) is 0 Å². The van der Waals surface area contributed by atoms with Gasteiger partial charge < -0.3 is 14.2 Å². The number of allylic oxidation sites excluding steroid dienone is 8. The second kappa shape index (κ2) is 47.1. The highest BCUT2D eigenvalue weighted by atomic mass is 16.6. The first-order valence-electron chi connectivity index (χ1n) is 24.6. The summed E-state index contributed by atoms with van der Waals surface area (Å²) in [6.45, 7) is 6.45. The molecule has 0 amide bonds. The minimum absolute atomic E-state index is 0.0886. The Hall–Kier alpha value is -2.63. The fraction of sp³-hybridized carbons (Fsp3) is 0.788. The van der Waals surface area contributed by atoms with Crippen molar-refractivity contribution in [3.63, 3.8) is 0 Å². The lowest BCUT2D eigenvalue weighted by Gasteiger charge is -2.18. The Morgan fingerprint density at radius 2 is 0.672 bits per heavy atom. The summed E-state index contributed by atoms with van der Waals surface area (Å²) >= 11 is 0. The molecule has 58 heavy (non-hydrogen) atoms. The predicted molar refractivity (Wildman–Crippen MR) is 247 cm³/mol. The van der Waals surface area contributed by atoms with Gasteiger partial charge in [-0.15, -0.1) is 0 Å². The summed E-state index contributed by atoms with van der Waals surface area (Å²) in [6.07, 6.45) is 55.4. The highest BCUT2D eigenvalue weighted by Gasteiger charge is 2.19. The Labute approximate surface area is 358 Å². The number of esters is 3. The Morgan fingerprint density at radius 1 is 0.362 bits per heavy atom. The van der Waals surface area contributed by atoms with Crippen molar-refractivity contribution in [2.75, 3.05) is 13.2 Å². The summed E-state index contributed by atoms with van der Waals surface area (Å²) in [7, 11) is 0. The number of rotatable bonds is 44. The number of hydrogen-bond acceptors (Lipinski definition) is 6. The van der Waals surface area contributed by atoms with Crippen molar-refractivity contribution in [2.45, 2.75) is 252 Å². The number of carbonyl (C=O) groups excluding carboxylic acids is 3. The van der Waals surface area contributed by atoms with Crippen LogP contribution in [-0.2, 0) is 28.6 Å². The molecule has 336 valence electrons. The monoisotopic (exact) mass is 813 g/mol. The summed E-state index contributed by atoms with van der Waals surface area (Å²) in [6, 6.07) is 0. The van der Waals surface area contributed by atoms with Crippen LogP contribution in [0.1, 0.15) is 245 Å². The Bertz CT molecular complexity index is 1030. The average Bonchev–Trinajstić information content (AvgIpc) is 3.22. The molecule has 0 rings (SSSR count).